The number of hydrogen-bond donors (Lipinski definition) is 2. The lowest BCUT2D eigenvalue weighted by Gasteiger charge is -2.23. The molecule has 6 heteroatoms. The number of benzene rings is 2. The Bertz CT molecular complexity index is 1080. The van der Waals surface area contributed by atoms with Crippen LogP contribution in [0.15, 0.2) is 42.5 Å². The molecule has 1 aliphatic carbocycles. The Morgan fingerprint density at radius 2 is 1.76 bits per heavy atom. The van der Waals surface area contributed by atoms with E-state index in [1.54, 1.807) is 12.1 Å². The molecule has 1 aromatic heterocycles. The van der Waals surface area contributed by atoms with E-state index in [4.69, 9.17) is 0 Å². The van der Waals surface area contributed by atoms with Gasteiger partial charge in [-0.1, -0.05) is 24.6 Å². The first kappa shape index (κ1) is 19.1. The van der Waals surface area contributed by atoms with Gasteiger partial charge in [-0.2, -0.15) is 4.98 Å². The number of nitrogens with one attached hydrogen (secondary N) is 2. The number of Topliss-reactive ketones (excluding diaryl/α,β-unsaturated/α-hetero) is 1. The van der Waals surface area contributed by atoms with Gasteiger partial charge in [0.05, 0.1) is 11.3 Å². The van der Waals surface area contributed by atoms with Crippen molar-refractivity contribution in [3.63, 3.8) is 0 Å². The molecule has 0 fully saturated rings. The number of fused-ring (bicyclic) bond motifs is 1. The van der Waals surface area contributed by atoms with Gasteiger partial charge >= 0.3 is 0 Å². The zero-order chi connectivity index (χ0) is 20.5. The van der Waals surface area contributed by atoms with Gasteiger partial charge in [0.15, 0.2) is 5.78 Å². The second kappa shape index (κ2) is 7.62. The first-order chi connectivity index (χ1) is 13.9. The van der Waals surface area contributed by atoms with E-state index in [-0.39, 0.29) is 17.5 Å². The van der Waals surface area contributed by atoms with Crippen LogP contribution in [0, 0.1) is 25.6 Å². The van der Waals surface area contributed by atoms with Gasteiger partial charge in [0, 0.05) is 17.8 Å². The predicted molar refractivity (Wildman–Crippen MR) is 113 cm³/mol. The zero-order valence-corrected chi connectivity index (χ0v) is 16.7. The Morgan fingerprint density at radius 3 is 2.48 bits per heavy atom. The third-order valence-electron chi connectivity index (χ3n) is 5.07. The summed E-state index contributed by atoms with van der Waals surface area (Å²) >= 11 is 0. The van der Waals surface area contributed by atoms with Crippen LogP contribution >= 0.6 is 0 Å². The number of anilines is 4. The zero-order valence-electron chi connectivity index (χ0n) is 16.7. The molecule has 1 unspecified atom stereocenters. The Hall–Kier alpha value is -3.28. The van der Waals surface area contributed by atoms with Crippen molar-refractivity contribution >= 4 is 28.9 Å². The van der Waals surface area contributed by atoms with Crippen molar-refractivity contribution in [2.75, 3.05) is 10.6 Å². The molecule has 0 bridgehead atoms. The number of hydrogen-bond acceptors (Lipinski definition) is 5. The lowest BCUT2D eigenvalue weighted by molar-refractivity contribution is 0.0952. The lowest BCUT2D eigenvalue weighted by atomic mass is 9.87. The number of ketones is 1. The largest absolute Gasteiger partial charge is 0.339 e. The number of nitrogens with zero attached hydrogens (tertiary/aromatic N) is 2. The maximum Gasteiger partial charge on any atom is 0.229 e. The number of aromatic nitrogens is 2. The molecule has 29 heavy (non-hydrogen) atoms. The fraction of sp³-hybridized carbons (Fsp3) is 0.261. The Balaban J connectivity index is 1.76. The van der Waals surface area contributed by atoms with Crippen molar-refractivity contribution in [1.29, 1.82) is 0 Å². The molecule has 0 saturated heterocycles. The van der Waals surface area contributed by atoms with Gasteiger partial charge in [-0.15, -0.1) is 0 Å². The van der Waals surface area contributed by atoms with Crippen LogP contribution in [0.3, 0.4) is 0 Å². The molecule has 1 aliphatic rings. The maximum absolute atomic E-state index is 13.2. The quantitative estimate of drug-likeness (QED) is 0.617. The molecule has 148 valence electrons. The maximum atomic E-state index is 13.2. The molecule has 0 spiro atoms. The third-order valence-corrected chi connectivity index (χ3v) is 5.07. The average Bonchev–Trinajstić information content (AvgIpc) is 2.65. The molecule has 3 aromatic rings. The highest BCUT2D eigenvalue weighted by Gasteiger charge is 2.28. The van der Waals surface area contributed by atoms with E-state index in [0.29, 0.717) is 35.9 Å². The Labute approximate surface area is 169 Å². The van der Waals surface area contributed by atoms with Crippen LogP contribution in [0.25, 0.3) is 0 Å². The minimum Gasteiger partial charge on any atom is -0.339 e. The SMILES string of the molecule is Cc1ccc(Nc2nc(Nc3ccc(F)cc3)nc3c2C(=O)CC(C)C3)c(C)c1. The van der Waals surface area contributed by atoms with Crippen LogP contribution < -0.4 is 10.6 Å². The Morgan fingerprint density at radius 1 is 1.00 bits per heavy atom. The fourth-order valence-electron chi connectivity index (χ4n) is 3.66. The van der Waals surface area contributed by atoms with Crippen molar-refractivity contribution in [2.24, 2.45) is 5.92 Å². The van der Waals surface area contributed by atoms with Crippen LogP contribution in [0.4, 0.5) is 27.5 Å². The minimum atomic E-state index is -0.307. The van der Waals surface area contributed by atoms with Crippen LogP contribution in [-0.2, 0) is 6.42 Å². The topological polar surface area (TPSA) is 66.9 Å². The standard InChI is InChI=1S/C23H23FN4O/c1-13-4-9-18(15(3)10-13)26-22-21-19(11-14(2)12-20(21)29)27-23(28-22)25-17-7-5-16(24)6-8-17/h4-10,14H,11-12H2,1-3H3,(H2,25,26,27,28). The number of carbonyl (C=O) groups is 1. The summed E-state index contributed by atoms with van der Waals surface area (Å²) in [5.74, 6) is 0.864. The molecule has 0 amide bonds. The van der Waals surface area contributed by atoms with E-state index < -0.39 is 0 Å². The highest BCUT2D eigenvalue weighted by molar-refractivity contribution is 6.03. The van der Waals surface area contributed by atoms with E-state index in [1.165, 1.54) is 17.7 Å². The van der Waals surface area contributed by atoms with Gasteiger partial charge in [-0.05, 0) is 62.1 Å². The van der Waals surface area contributed by atoms with E-state index in [0.717, 1.165) is 16.9 Å². The predicted octanol–water partition coefficient (Wildman–Crippen LogP) is 5.48. The van der Waals surface area contributed by atoms with Gasteiger partial charge < -0.3 is 10.6 Å². The van der Waals surface area contributed by atoms with Crippen molar-refractivity contribution < 1.29 is 9.18 Å². The molecule has 4 rings (SSSR count). The molecule has 2 N–H and O–H groups in total. The Kier molecular flexibility index (Phi) is 5.01. The van der Waals surface area contributed by atoms with E-state index in [9.17, 15) is 9.18 Å². The average molecular weight is 390 g/mol. The highest BCUT2D eigenvalue weighted by Crippen LogP contribution is 2.32. The summed E-state index contributed by atoms with van der Waals surface area (Å²) in [6, 6.07) is 12.1. The second-order valence-corrected chi connectivity index (χ2v) is 7.73. The van der Waals surface area contributed by atoms with E-state index in [1.807, 2.05) is 32.9 Å². The van der Waals surface area contributed by atoms with Crippen molar-refractivity contribution in [1.82, 2.24) is 9.97 Å². The summed E-state index contributed by atoms with van der Waals surface area (Å²) in [6.45, 7) is 6.11. The number of halogens is 1. The molecule has 1 heterocycles. The molecular formula is C23H23FN4O. The summed E-state index contributed by atoms with van der Waals surface area (Å²) in [6.07, 6.45) is 1.20. The van der Waals surface area contributed by atoms with Crippen molar-refractivity contribution in [3.05, 3.63) is 70.7 Å². The summed E-state index contributed by atoms with van der Waals surface area (Å²) < 4.78 is 13.2. The summed E-state index contributed by atoms with van der Waals surface area (Å²) in [4.78, 5) is 22.0. The van der Waals surface area contributed by atoms with Gasteiger partial charge in [0.1, 0.15) is 11.6 Å². The van der Waals surface area contributed by atoms with Crippen molar-refractivity contribution in [2.45, 2.75) is 33.6 Å². The molecule has 2 aromatic carbocycles. The molecule has 1 atom stereocenters. The van der Waals surface area contributed by atoms with Gasteiger partial charge in [-0.3, -0.25) is 4.79 Å². The second-order valence-electron chi connectivity index (χ2n) is 7.73. The minimum absolute atomic E-state index is 0.0550. The van der Waals surface area contributed by atoms with Gasteiger partial charge in [0.2, 0.25) is 5.95 Å². The molecule has 5 nitrogen and oxygen atoms in total. The van der Waals surface area contributed by atoms with Crippen LogP contribution in [0.1, 0.15) is 40.5 Å². The number of carbonyl (C=O) groups excluding carboxylic acids is 1. The molecular weight excluding hydrogens is 367 g/mol. The van der Waals surface area contributed by atoms with Crippen LogP contribution in [-0.4, -0.2) is 15.8 Å². The monoisotopic (exact) mass is 390 g/mol. The fourth-order valence-corrected chi connectivity index (χ4v) is 3.66. The number of rotatable bonds is 4. The van der Waals surface area contributed by atoms with Crippen LogP contribution in [0.5, 0.6) is 0 Å². The normalized spacial score (nSPS) is 15.7. The summed E-state index contributed by atoms with van der Waals surface area (Å²) in [7, 11) is 0. The third kappa shape index (κ3) is 4.11. The summed E-state index contributed by atoms with van der Waals surface area (Å²) in [5, 5.41) is 6.46. The summed E-state index contributed by atoms with van der Waals surface area (Å²) in [5.41, 5.74) is 5.12. The van der Waals surface area contributed by atoms with E-state index in [2.05, 4.69) is 26.7 Å². The molecule has 0 aliphatic heterocycles. The van der Waals surface area contributed by atoms with Gasteiger partial charge in [-0.25, -0.2) is 9.37 Å². The van der Waals surface area contributed by atoms with E-state index >= 15 is 0 Å². The first-order valence-corrected chi connectivity index (χ1v) is 9.70. The smallest absolute Gasteiger partial charge is 0.229 e. The highest BCUT2D eigenvalue weighted by atomic mass is 19.1. The number of aryl methyl sites for hydroxylation is 2. The van der Waals surface area contributed by atoms with Crippen molar-refractivity contribution in [3.8, 4) is 0 Å². The van der Waals surface area contributed by atoms with Crippen LogP contribution in [0.2, 0.25) is 0 Å². The molecule has 0 saturated carbocycles. The van der Waals surface area contributed by atoms with Gasteiger partial charge in [0.25, 0.3) is 0 Å². The lowest BCUT2D eigenvalue weighted by Crippen LogP contribution is -2.22. The first-order valence-electron chi connectivity index (χ1n) is 9.70. The molecule has 0 radical (unpaired) electrons.